The van der Waals surface area contributed by atoms with Gasteiger partial charge in [-0.25, -0.2) is 8.42 Å². The van der Waals surface area contributed by atoms with Gasteiger partial charge in [-0.05, 0) is 83.5 Å². The van der Waals surface area contributed by atoms with Crippen LogP contribution in [0.1, 0.15) is 44.4 Å². The number of hydrogen-bond acceptors (Lipinski definition) is 4. The van der Waals surface area contributed by atoms with E-state index in [-0.39, 0.29) is 23.0 Å². The van der Waals surface area contributed by atoms with E-state index in [9.17, 15) is 18.0 Å². The summed E-state index contributed by atoms with van der Waals surface area (Å²) < 4.78 is 28.7. The van der Waals surface area contributed by atoms with Gasteiger partial charge in [0.15, 0.2) is 0 Å². The number of nitrogens with zero attached hydrogens (tertiary/aromatic N) is 2. The molecule has 208 valence electrons. The van der Waals surface area contributed by atoms with Crippen molar-refractivity contribution in [1.29, 1.82) is 0 Å². The first kappa shape index (κ1) is 30.2. The zero-order valence-electron chi connectivity index (χ0n) is 23.2. The van der Waals surface area contributed by atoms with Crippen LogP contribution < -0.4 is 9.62 Å². The van der Waals surface area contributed by atoms with E-state index < -0.39 is 34.1 Å². The molecular weight excluding hydrogens is 534 g/mol. The molecule has 0 aliphatic heterocycles. The summed E-state index contributed by atoms with van der Waals surface area (Å²) in [4.78, 5) is 28.6. The maximum Gasteiger partial charge on any atom is 0.264 e. The molecule has 9 heteroatoms. The lowest BCUT2D eigenvalue weighted by Gasteiger charge is -2.33. The van der Waals surface area contributed by atoms with Gasteiger partial charge in [-0.3, -0.25) is 13.9 Å². The molecule has 7 nitrogen and oxygen atoms in total. The lowest BCUT2D eigenvalue weighted by molar-refractivity contribution is -0.140. The minimum Gasteiger partial charge on any atom is -0.350 e. The highest BCUT2D eigenvalue weighted by Crippen LogP contribution is 2.26. The number of anilines is 1. The van der Waals surface area contributed by atoms with Gasteiger partial charge in [0.05, 0.1) is 10.6 Å². The number of nitrogens with one attached hydrogen (secondary N) is 1. The van der Waals surface area contributed by atoms with Crippen LogP contribution in [0.4, 0.5) is 5.69 Å². The zero-order chi connectivity index (χ0) is 29.0. The lowest BCUT2D eigenvalue weighted by atomic mass is 10.1. The quantitative estimate of drug-likeness (QED) is 0.369. The van der Waals surface area contributed by atoms with E-state index in [1.165, 1.54) is 17.0 Å². The van der Waals surface area contributed by atoms with E-state index in [0.717, 1.165) is 21.0 Å². The first-order valence-electron chi connectivity index (χ1n) is 12.7. The molecule has 0 spiro atoms. The highest BCUT2D eigenvalue weighted by molar-refractivity contribution is 7.92. The fourth-order valence-corrected chi connectivity index (χ4v) is 5.58. The summed E-state index contributed by atoms with van der Waals surface area (Å²) in [5.41, 5.74) is 2.53. The van der Waals surface area contributed by atoms with Crippen LogP contribution in [-0.4, -0.2) is 43.3 Å². The number of rotatable bonds is 9. The number of carbonyl (C=O) groups excluding carboxylic acids is 2. The largest absolute Gasteiger partial charge is 0.350 e. The molecule has 0 aromatic heterocycles. The number of amides is 2. The Morgan fingerprint density at radius 2 is 1.54 bits per heavy atom. The Morgan fingerprint density at radius 1 is 0.923 bits per heavy atom. The Bertz CT molecular complexity index is 1420. The molecule has 0 aliphatic rings. The van der Waals surface area contributed by atoms with Gasteiger partial charge in [0.2, 0.25) is 11.8 Å². The maximum absolute atomic E-state index is 13.9. The smallest absolute Gasteiger partial charge is 0.264 e. The molecule has 1 atom stereocenters. The molecule has 0 radical (unpaired) electrons. The Hall–Kier alpha value is -3.36. The van der Waals surface area contributed by atoms with Gasteiger partial charge in [-0.1, -0.05) is 59.1 Å². The summed E-state index contributed by atoms with van der Waals surface area (Å²) in [7, 11) is -4.12. The van der Waals surface area contributed by atoms with Crippen molar-refractivity contribution < 1.29 is 18.0 Å². The molecular formula is C30H36ClN3O4S. The number of halogens is 1. The van der Waals surface area contributed by atoms with Crippen molar-refractivity contribution in [3.63, 3.8) is 0 Å². The Morgan fingerprint density at radius 3 is 2.10 bits per heavy atom. The molecule has 0 aliphatic carbocycles. The molecule has 0 heterocycles. The third kappa shape index (κ3) is 8.07. The summed E-state index contributed by atoms with van der Waals surface area (Å²) in [5.74, 6) is -0.846. The number of sulfonamides is 1. The minimum atomic E-state index is -4.12. The predicted octanol–water partition coefficient (Wildman–Crippen LogP) is 5.48. The van der Waals surface area contributed by atoms with Crippen LogP contribution in [0, 0.1) is 13.8 Å². The van der Waals surface area contributed by atoms with Crippen molar-refractivity contribution in [2.75, 3.05) is 10.8 Å². The second kappa shape index (κ2) is 12.2. The van der Waals surface area contributed by atoms with Crippen molar-refractivity contribution in [1.82, 2.24) is 10.2 Å². The zero-order valence-corrected chi connectivity index (χ0v) is 24.8. The SMILES string of the molecule is Cc1ccc(S(=O)(=O)N(CC(=O)N(Cc2cccc(C)c2)C(C)C(=O)NC(C)(C)C)c2ccc(Cl)cc2)cc1. The topological polar surface area (TPSA) is 86.8 Å². The number of carbonyl (C=O) groups is 2. The molecule has 0 fully saturated rings. The summed E-state index contributed by atoms with van der Waals surface area (Å²) in [6.45, 7) is 10.7. The van der Waals surface area contributed by atoms with Gasteiger partial charge in [0.1, 0.15) is 12.6 Å². The minimum absolute atomic E-state index is 0.0552. The maximum atomic E-state index is 13.9. The van der Waals surface area contributed by atoms with Crippen LogP contribution in [-0.2, 0) is 26.2 Å². The summed E-state index contributed by atoms with van der Waals surface area (Å²) >= 11 is 6.07. The van der Waals surface area contributed by atoms with E-state index in [1.54, 1.807) is 43.3 Å². The number of hydrogen-bond donors (Lipinski definition) is 1. The predicted molar refractivity (Wildman–Crippen MR) is 156 cm³/mol. The molecule has 3 rings (SSSR count). The fraction of sp³-hybridized carbons (Fsp3) is 0.333. The van der Waals surface area contributed by atoms with Gasteiger partial charge in [-0.15, -0.1) is 0 Å². The van der Waals surface area contributed by atoms with Gasteiger partial charge in [0, 0.05) is 17.1 Å². The molecule has 39 heavy (non-hydrogen) atoms. The first-order chi connectivity index (χ1) is 18.2. The molecule has 0 saturated heterocycles. The second-order valence-corrected chi connectivity index (χ2v) is 13.0. The highest BCUT2D eigenvalue weighted by atomic mass is 35.5. The summed E-state index contributed by atoms with van der Waals surface area (Å²) in [5, 5.41) is 3.36. The van der Waals surface area contributed by atoms with Crippen molar-refractivity contribution in [3.8, 4) is 0 Å². The van der Waals surface area contributed by atoms with Gasteiger partial charge >= 0.3 is 0 Å². The second-order valence-electron chi connectivity index (χ2n) is 10.7. The van der Waals surface area contributed by atoms with Crippen LogP contribution in [0.15, 0.2) is 77.7 Å². The molecule has 0 bridgehead atoms. The van der Waals surface area contributed by atoms with Crippen molar-refractivity contribution in [2.45, 2.75) is 64.6 Å². The average Bonchev–Trinajstić information content (AvgIpc) is 2.85. The van der Waals surface area contributed by atoms with E-state index >= 15 is 0 Å². The third-order valence-corrected chi connectivity index (χ3v) is 8.14. The Balaban J connectivity index is 2.03. The molecule has 3 aromatic carbocycles. The highest BCUT2D eigenvalue weighted by Gasteiger charge is 2.33. The van der Waals surface area contributed by atoms with Crippen LogP contribution in [0.2, 0.25) is 5.02 Å². The third-order valence-electron chi connectivity index (χ3n) is 6.10. The monoisotopic (exact) mass is 569 g/mol. The van der Waals surface area contributed by atoms with E-state index in [1.807, 2.05) is 58.9 Å². The summed E-state index contributed by atoms with van der Waals surface area (Å²) in [6.07, 6.45) is 0. The average molecular weight is 570 g/mol. The number of aryl methyl sites for hydroxylation is 2. The van der Waals surface area contributed by atoms with E-state index in [4.69, 9.17) is 11.6 Å². The Labute approximate surface area is 236 Å². The molecule has 2 amide bonds. The van der Waals surface area contributed by atoms with Crippen molar-refractivity contribution in [2.24, 2.45) is 0 Å². The normalized spacial score (nSPS) is 12.5. The Kier molecular flexibility index (Phi) is 9.46. The van der Waals surface area contributed by atoms with Gasteiger partial charge < -0.3 is 10.2 Å². The van der Waals surface area contributed by atoms with E-state index in [2.05, 4.69) is 5.32 Å². The molecule has 3 aromatic rings. The van der Waals surface area contributed by atoms with Gasteiger partial charge in [-0.2, -0.15) is 0 Å². The van der Waals surface area contributed by atoms with Crippen LogP contribution in [0.25, 0.3) is 0 Å². The van der Waals surface area contributed by atoms with Crippen LogP contribution in [0.5, 0.6) is 0 Å². The lowest BCUT2D eigenvalue weighted by Crippen LogP contribution is -2.54. The van der Waals surface area contributed by atoms with Crippen molar-refractivity contribution in [3.05, 3.63) is 94.5 Å². The van der Waals surface area contributed by atoms with E-state index in [0.29, 0.717) is 5.02 Å². The summed E-state index contributed by atoms with van der Waals surface area (Å²) in [6, 6.07) is 19.5. The van der Waals surface area contributed by atoms with Crippen molar-refractivity contribution >= 4 is 39.1 Å². The van der Waals surface area contributed by atoms with Gasteiger partial charge in [0.25, 0.3) is 10.0 Å². The molecule has 1 N–H and O–H groups in total. The van der Waals surface area contributed by atoms with Crippen LogP contribution in [0.3, 0.4) is 0 Å². The molecule has 1 unspecified atom stereocenters. The fourth-order valence-electron chi connectivity index (χ4n) is 4.04. The number of benzene rings is 3. The first-order valence-corrected chi connectivity index (χ1v) is 14.5. The van der Waals surface area contributed by atoms with Crippen LogP contribution >= 0.6 is 11.6 Å². The molecule has 0 saturated carbocycles. The standard InChI is InChI=1S/C30H36ClN3O4S/c1-21-10-16-27(17-11-21)39(37,38)34(26-14-12-25(31)13-15-26)20-28(35)33(19-24-9-7-8-22(2)18-24)23(3)29(36)32-30(4,5)6/h7-18,23H,19-20H2,1-6H3,(H,32,36).